The van der Waals surface area contributed by atoms with Crippen LogP contribution in [0.1, 0.15) is 42.5 Å². The summed E-state index contributed by atoms with van der Waals surface area (Å²) in [7, 11) is 0. The van der Waals surface area contributed by atoms with Gasteiger partial charge in [-0.05, 0) is 56.7 Å². The maximum Gasteiger partial charge on any atom is 0.254 e. The molecule has 3 fully saturated rings. The van der Waals surface area contributed by atoms with Gasteiger partial charge in [0.2, 0.25) is 0 Å². The summed E-state index contributed by atoms with van der Waals surface area (Å²) in [4.78, 5) is 22.1. The molecule has 0 radical (unpaired) electrons. The predicted octanol–water partition coefficient (Wildman–Crippen LogP) is 2.00. The maximum absolute atomic E-state index is 13.1. The molecule has 2 saturated heterocycles. The normalized spacial score (nSPS) is 26.0. The second-order valence-corrected chi connectivity index (χ2v) is 8.53. The van der Waals surface area contributed by atoms with Crippen molar-refractivity contribution >= 4 is 5.91 Å². The molecule has 0 N–H and O–H groups in total. The van der Waals surface area contributed by atoms with Gasteiger partial charge in [0.05, 0.1) is 0 Å². The number of pyridine rings is 1. The number of likely N-dealkylation sites (tertiary alicyclic amines) is 2. The van der Waals surface area contributed by atoms with E-state index in [1.807, 2.05) is 11.0 Å². The van der Waals surface area contributed by atoms with Gasteiger partial charge in [0.1, 0.15) is 18.5 Å². The molecule has 7 heteroatoms. The lowest BCUT2D eigenvalue weighted by molar-refractivity contribution is 0.0681. The molecule has 7 nitrogen and oxygen atoms in total. The summed E-state index contributed by atoms with van der Waals surface area (Å²) < 4.78 is 1.72. The van der Waals surface area contributed by atoms with Crippen LogP contribution in [-0.4, -0.2) is 68.2 Å². The van der Waals surface area contributed by atoms with Crippen LogP contribution in [0.25, 0.3) is 5.82 Å². The van der Waals surface area contributed by atoms with Gasteiger partial charge < -0.3 is 9.80 Å². The van der Waals surface area contributed by atoms with Crippen LogP contribution in [0.4, 0.5) is 0 Å². The third kappa shape index (κ3) is 3.48. The number of piperidine rings is 1. The van der Waals surface area contributed by atoms with Crippen molar-refractivity contribution in [2.45, 2.75) is 32.1 Å². The summed E-state index contributed by atoms with van der Waals surface area (Å²) in [5.74, 6) is 1.73. The lowest BCUT2D eigenvalue weighted by atomic mass is 9.79. The van der Waals surface area contributed by atoms with Crippen LogP contribution in [0.5, 0.6) is 0 Å². The first kappa shape index (κ1) is 16.9. The molecule has 1 saturated carbocycles. The highest BCUT2D eigenvalue weighted by molar-refractivity contribution is 5.94. The second-order valence-electron chi connectivity index (χ2n) is 8.53. The fourth-order valence-corrected chi connectivity index (χ4v) is 4.77. The van der Waals surface area contributed by atoms with Crippen molar-refractivity contribution in [2.24, 2.45) is 11.3 Å². The highest BCUT2D eigenvalue weighted by Crippen LogP contribution is 2.41. The molecule has 27 heavy (non-hydrogen) atoms. The topological polar surface area (TPSA) is 67.2 Å². The molecule has 1 aliphatic carbocycles. The van der Waals surface area contributed by atoms with E-state index >= 15 is 0 Å². The number of amides is 1. The number of rotatable bonds is 4. The van der Waals surface area contributed by atoms with E-state index in [-0.39, 0.29) is 5.91 Å². The molecule has 0 aromatic carbocycles. The minimum absolute atomic E-state index is 0.114. The largest absolute Gasteiger partial charge is 0.338 e. The Morgan fingerprint density at radius 2 is 2.00 bits per heavy atom. The second kappa shape index (κ2) is 6.71. The average molecular weight is 366 g/mol. The Bertz CT molecular complexity index is 818. The first-order valence-corrected chi connectivity index (χ1v) is 10.0. The molecule has 1 amide bonds. The van der Waals surface area contributed by atoms with E-state index < -0.39 is 0 Å². The fourth-order valence-electron chi connectivity index (χ4n) is 4.77. The fraction of sp³-hybridized carbons (Fsp3) is 0.600. The zero-order valence-electron chi connectivity index (χ0n) is 15.6. The van der Waals surface area contributed by atoms with Crippen LogP contribution in [-0.2, 0) is 0 Å². The lowest BCUT2D eigenvalue weighted by Gasteiger charge is -2.40. The van der Waals surface area contributed by atoms with Gasteiger partial charge in [0.15, 0.2) is 0 Å². The Morgan fingerprint density at radius 3 is 2.81 bits per heavy atom. The van der Waals surface area contributed by atoms with Crippen molar-refractivity contribution in [1.29, 1.82) is 0 Å². The number of carbonyl (C=O) groups excluding carboxylic acids is 1. The van der Waals surface area contributed by atoms with Crippen molar-refractivity contribution in [3.8, 4) is 5.82 Å². The van der Waals surface area contributed by atoms with Crippen molar-refractivity contribution in [1.82, 2.24) is 29.5 Å². The summed E-state index contributed by atoms with van der Waals surface area (Å²) in [5.41, 5.74) is 0.990. The Balaban J connectivity index is 1.28. The lowest BCUT2D eigenvalue weighted by Crippen LogP contribution is -2.46. The summed E-state index contributed by atoms with van der Waals surface area (Å²) in [6, 6.07) is 3.64. The highest BCUT2D eigenvalue weighted by Gasteiger charge is 2.43. The Kier molecular flexibility index (Phi) is 4.19. The monoisotopic (exact) mass is 366 g/mol. The molecule has 0 bridgehead atoms. The number of nitrogens with zero attached hydrogens (tertiary/aromatic N) is 6. The molecular weight excluding hydrogens is 340 g/mol. The van der Waals surface area contributed by atoms with E-state index in [1.165, 1.54) is 38.8 Å². The van der Waals surface area contributed by atoms with Gasteiger partial charge in [0.25, 0.3) is 5.91 Å². The van der Waals surface area contributed by atoms with Gasteiger partial charge in [-0.1, -0.05) is 0 Å². The molecule has 1 atom stereocenters. The van der Waals surface area contributed by atoms with Gasteiger partial charge in [0, 0.05) is 43.4 Å². The Morgan fingerprint density at radius 1 is 1.15 bits per heavy atom. The summed E-state index contributed by atoms with van der Waals surface area (Å²) in [6.07, 6.45) is 11.3. The smallest absolute Gasteiger partial charge is 0.254 e. The SMILES string of the molecule is O=C(c1ccnc(-n2cnnc2)c1)N1CC[C@]2(CCCN(CC3CC3)C2)C1. The molecular formula is C20H26N6O. The average Bonchev–Trinajstić information content (AvgIpc) is 3.18. The minimum Gasteiger partial charge on any atom is -0.338 e. The van der Waals surface area contributed by atoms with E-state index in [0.29, 0.717) is 16.8 Å². The van der Waals surface area contributed by atoms with Crippen molar-refractivity contribution in [3.63, 3.8) is 0 Å². The predicted molar refractivity (Wildman–Crippen MR) is 101 cm³/mol. The summed E-state index contributed by atoms with van der Waals surface area (Å²) in [6.45, 7) is 5.41. The van der Waals surface area contributed by atoms with Gasteiger partial charge in [-0.3, -0.25) is 9.36 Å². The standard InChI is InChI=1S/C20H26N6O/c27-19(17-4-7-21-18(10-17)26-14-22-23-15-26)25-9-6-20(13-25)5-1-8-24(12-20)11-16-2-3-16/h4,7,10,14-16H,1-3,5-6,8-9,11-13H2/t20-/m0/s1. The van der Waals surface area contributed by atoms with Crippen LogP contribution in [0.15, 0.2) is 31.0 Å². The van der Waals surface area contributed by atoms with Gasteiger partial charge in [-0.25, -0.2) is 4.98 Å². The van der Waals surface area contributed by atoms with Gasteiger partial charge in [-0.2, -0.15) is 0 Å². The Labute approximate surface area is 159 Å². The number of hydrogen-bond acceptors (Lipinski definition) is 5. The molecule has 1 spiro atoms. The van der Waals surface area contributed by atoms with Crippen molar-refractivity contribution < 1.29 is 4.79 Å². The van der Waals surface area contributed by atoms with Crippen LogP contribution < -0.4 is 0 Å². The quantitative estimate of drug-likeness (QED) is 0.828. The molecule has 3 aliphatic rings. The van der Waals surface area contributed by atoms with E-state index in [4.69, 9.17) is 0 Å². The molecule has 142 valence electrons. The van der Waals surface area contributed by atoms with Crippen LogP contribution in [0, 0.1) is 11.3 Å². The number of carbonyl (C=O) groups is 1. The molecule has 4 heterocycles. The number of hydrogen-bond donors (Lipinski definition) is 0. The zero-order chi connectivity index (χ0) is 18.3. The van der Waals surface area contributed by atoms with Crippen LogP contribution in [0.3, 0.4) is 0 Å². The summed E-state index contributed by atoms with van der Waals surface area (Å²) >= 11 is 0. The number of aromatic nitrogens is 4. The van der Waals surface area contributed by atoms with E-state index in [0.717, 1.165) is 32.0 Å². The maximum atomic E-state index is 13.1. The van der Waals surface area contributed by atoms with Gasteiger partial charge >= 0.3 is 0 Å². The summed E-state index contributed by atoms with van der Waals surface area (Å²) in [5, 5.41) is 7.62. The van der Waals surface area contributed by atoms with E-state index in [9.17, 15) is 4.79 Å². The Hall–Kier alpha value is -2.28. The molecule has 2 aromatic rings. The van der Waals surface area contributed by atoms with E-state index in [2.05, 4.69) is 20.1 Å². The van der Waals surface area contributed by atoms with Crippen LogP contribution >= 0.6 is 0 Å². The third-order valence-electron chi connectivity index (χ3n) is 6.36. The molecule has 0 unspecified atom stereocenters. The third-order valence-corrected chi connectivity index (χ3v) is 6.36. The van der Waals surface area contributed by atoms with Gasteiger partial charge in [-0.15, -0.1) is 10.2 Å². The molecule has 2 aliphatic heterocycles. The van der Waals surface area contributed by atoms with Crippen molar-refractivity contribution in [2.75, 3.05) is 32.7 Å². The highest BCUT2D eigenvalue weighted by atomic mass is 16.2. The molecule has 2 aromatic heterocycles. The van der Waals surface area contributed by atoms with Crippen LogP contribution in [0.2, 0.25) is 0 Å². The first-order valence-electron chi connectivity index (χ1n) is 10.0. The minimum atomic E-state index is 0.114. The van der Waals surface area contributed by atoms with E-state index in [1.54, 1.807) is 29.5 Å². The zero-order valence-corrected chi connectivity index (χ0v) is 15.6. The van der Waals surface area contributed by atoms with Crippen molar-refractivity contribution in [3.05, 3.63) is 36.5 Å². The molecule has 5 rings (SSSR count). The first-order chi connectivity index (χ1) is 13.2.